The van der Waals surface area contributed by atoms with Gasteiger partial charge in [0.25, 0.3) is 5.69 Å². The minimum absolute atomic E-state index is 0.135. The molecule has 0 saturated heterocycles. The van der Waals surface area contributed by atoms with Gasteiger partial charge in [0.05, 0.1) is 24.7 Å². The fourth-order valence-electron chi connectivity index (χ4n) is 2.21. The van der Waals surface area contributed by atoms with Crippen LogP contribution in [0.5, 0.6) is 0 Å². The molecule has 2 rings (SSSR count). The molecule has 0 radical (unpaired) electrons. The largest absolute Gasteiger partial charge is 0.465 e. The van der Waals surface area contributed by atoms with E-state index < -0.39 is 39.8 Å². The van der Waals surface area contributed by atoms with Gasteiger partial charge < -0.3 is 14.0 Å². The summed E-state index contributed by atoms with van der Waals surface area (Å²) in [7, 11) is 2.11. The highest BCUT2D eigenvalue weighted by Gasteiger charge is 2.32. The molecule has 1 heterocycles. The number of halogens is 3. The SMILES string of the molecule is COC(=O)c1ccc(-n2cc(SC(F)(F)F)cc2C(=O)OC)c([N+](=O)[O-])c1. The van der Waals surface area contributed by atoms with E-state index >= 15 is 0 Å². The van der Waals surface area contributed by atoms with Crippen LogP contribution in [0.3, 0.4) is 0 Å². The second-order valence-corrected chi connectivity index (χ2v) is 6.06. The molecule has 0 aliphatic carbocycles. The van der Waals surface area contributed by atoms with Crippen molar-refractivity contribution in [1.82, 2.24) is 4.57 Å². The molecule has 0 aliphatic rings. The summed E-state index contributed by atoms with van der Waals surface area (Å²) in [5.41, 5.74) is -5.94. The van der Waals surface area contributed by atoms with Crippen LogP contribution in [0.2, 0.25) is 0 Å². The van der Waals surface area contributed by atoms with E-state index in [1.54, 1.807) is 0 Å². The van der Waals surface area contributed by atoms with Gasteiger partial charge >= 0.3 is 17.4 Å². The van der Waals surface area contributed by atoms with Gasteiger partial charge in [-0.05, 0) is 30.0 Å². The average molecular weight is 404 g/mol. The summed E-state index contributed by atoms with van der Waals surface area (Å²) >= 11 is -0.488. The van der Waals surface area contributed by atoms with Crippen molar-refractivity contribution in [3.63, 3.8) is 0 Å². The van der Waals surface area contributed by atoms with Gasteiger partial charge in [0, 0.05) is 17.2 Å². The van der Waals surface area contributed by atoms with Gasteiger partial charge in [0.1, 0.15) is 11.4 Å². The Labute approximate surface area is 154 Å². The van der Waals surface area contributed by atoms with Crippen LogP contribution in [0.25, 0.3) is 5.69 Å². The van der Waals surface area contributed by atoms with Crippen LogP contribution < -0.4 is 0 Å². The first-order chi connectivity index (χ1) is 12.6. The lowest BCUT2D eigenvalue weighted by atomic mass is 10.1. The summed E-state index contributed by atoms with van der Waals surface area (Å²) < 4.78 is 47.8. The molecule has 27 heavy (non-hydrogen) atoms. The Hall–Kier alpha value is -3.02. The fraction of sp³-hybridized carbons (Fsp3) is 0.200. The molecule has 0 atom stereocenters. The number of carbonyl (C=O) groups is 2. The number of benzene rings is 1. The second kappa shape index (κ2) is 7.70. The zero-order valence-corrected chi connectivity index (χ0v) is 14.6. The highest BCUT2D eigenvalue weighted by Crippen LogP contribution is 2.39. The number of ether oxygens (including phenoxy) is 2. The van der Waals surface area contributed by atoms with Crippen molar-refractivity contribution in [3.8, 4) is 5.69 Å². The second-order valence-electron chi connectivity index (χ2n) is 4.92. The molecule has 144 valence electrons. The van der Waals surface area contributed by atoms with E-state index in [9.17, 15) is 32.9 Å². The van der Waals surface area contributed by atoms with Crippen molar-refractivity contribution in [3.05, 3.63) is 51.8 Å². The number of nitro groups is 1. The first kappa shape index (κ1) is 20.3. The molecule has 1 aromatic carbocycles. The smallest absolute Gasteiger partial charge is 0.446 e. The number of methoxy groups -OCH3 is 2. The van der Waals surface area contributed by atoms with Crippen molar-refractivity contribution in [2.45, 2.75) is 10.4 Å². The topological polar surface area (TPSA) is 101 Å². The molecule has 1 aromatic heterocycles. The Balaban J connectivity index is 2.66. The number of nitrogens with zero attached hydrogens (tertiary/aromatic N) is 2. The maximum absolute atomic E-state index is 12.6. The van der Waals surface area contributed by atoms with Gasteiger partial charge in [-0.15, -0.1) is 0 Å². The third kappa shape index (κ3) is 4.58. The molecule has 0 aliphatic heterocycles. The van der Waals surface area contributed by atoms with E-state index in [2.05, 4.69) is 9.47 Å². The predicted molar refractivity (Wildman–Crippen MR) is 87.0 cm³/mol. The lowest BCUT2D eigenvalue weighted by molar-refractivity contribution is -0.384. The quantitative estimate of drug-likeness (QED) is 0.325. The van der Waals surface area contributed by atoms with E-state index in [0.29, 0.717) is 0 Å². The molecule has 0 fully saturated rings. The van der Waals surface area contributed by atoms with Gasteiger partial charge in [0.2, 0.25) is 0 Å². The molecule has 8 nitrogen and oxygen atoms in total. The third-order valence-corrected chi connectivity index (χ3v) is 3.97. The molecular weight excluding hydrogens is 393 g/mol. The van der Waals surface area contributed by atoms with Gasteiger partial charge in [-0.1, -0.05) is 0 Å². The van der Waals surface area contributed by atoms with Crippen LogP contribution >= 0.6 is 11.8 Å². The van der Waals surface area contributed by atoms with E-state index in [4.69, 9.17) is 0 Å². The monoisotopic (exact) mass is 404 g/mol. The summed E-state index contributed by atoms with van der Waals surface area (Å²) in [6.07, 6.45) is 0.921. The highest BCUT2D eigenvalue weighted by molar-refractivity contribution is 8.00. The molecule has 0 saturated carbocycles. The maximum Gasteiger partial charge on any atom is 0.446 e. The number of esters is 2. The average Bonchev–Trinajstić information content (AvgIpc) is 3.01. The molecule has 0 spiro atoms. The molecule has 2 aromatic rings. The van der Waals surface area contributed by atoms with E-state index in [-0.39, 0.29) is 21.8 Å². The van der Waals surface area contributed by atoms with Crippen LogP contribution in [0.4, 0.5) is 18.9 Å². The summed E-state index contributed by atoms with van der Waals surface area (Å²) in [6, 6.07) is 4.12. The number of carbonyl (C=O) groups excluding carboxylic acids is 2. The Morgan fingerprint density at radius 1 is 1.15 bits per heavy atom. The van der Waals surface area contributed by atoms with Gasteiger partial charge in [-0.2, -0.15) is 13.2 Å². The lowest BCUT2D eigenvalue weighted by Crippen LogP contribution is -2.11. The molecule has 0 unspecified atom stereocenters. The Morgan fingerprint density at radius 3 is 2.30 bits per heavy atom. The number of nitro benzene ring substituents is 1. The Morgan fingerprint density at radius 2 is 1.78 bits per heavy atom. The number of aromatic nitrogens is 1. The molecule has 0 amide bonds. The van der Waals surface area contributed by atoms with E-state index in [1.165, 1.54) is 6.07 Å². The zero-order valence-electron chi connectivity index (χ0n) is 13.8. The number of rotatable bonds is 5. The highest BCUT2D eigenvalue weighted by atomic mass is 32.2. The normalized spacial score (nSPS) is 11.1. The van der Waals surface area contributed by atoms with Gasteiger partial charge in [0.15, 0.2) is 0 Å². The maximum atomic E-state index is 12.6. The van der Waals surface area contributed by atoms with Crippen LogP contribution in [-0.4, -0.2) is 41.2 Å². The summed E-state index contributed by atoms with van der Waals surface area (Å²) in [4.78, 5) is 33.7. The lowest BCUT2D eigenvalue weighted by Gasteiger charge is -2.09. The molecular formula is C15H11F3N2O6S. The summed E-state index contributed by atoms with van der Waals surface area (Å²) in [6.45, 7) is 0. The molecule has 0 bridgehead atoms. The molecule has 12 heteroatoms. The van der Waals surface area contributed by atoms with E-state index in [0.717, 1.165) is 43.2 Å². The minimum atomic E-state index is -4.62. The minimum Gasteiger partial charge on any atom is -0.465 e. The third-order valence-electron chi connectivity index (χ3n) is 3.28. The van der Waals surface area contributed by atoms with Crippen molar-refractivity contribution in [2.24, 2.45) is 0 Å². The molecule has 0 N–H and O–H groups in total. The van der Waals surface area contributed by atoms with Crippen molar-refractivity contribution < 1.29 is 37.2 Å². The fourth-order valence-corrected chi connectivity index (χ4v) is 2.80. The van der Waals surface area contributed by atoms with E-state index in [1.807, 2.05) is 0 Å². The van der Waals surface area contributed by atoms with Crippen molar-refractivity contribution in [1.29, 1.82) is 0 Å². The zero-order chi connectivity index (χ0) is 20.4. The number of alkyl halides is 3. The predicted octanol–water partition coefficient (Wildman–Crippen LogP) is 3.57. The summed E-state index contributed by atoms with van der Waals surface area (Å²) in [5, 5.41) is 11.4. The first-order valence-corrected chi connectivity index (χ1v) is 7.82. The number of hydrogen-bond acceptors (Lipinski definition) is 7. The van der Waals surface area contributed by atoms with Crippen LogP contribution in [0.1, 0.15) is 20.8 Å². The number of hydrogen-bond donors (Lipinski definition) is 0. The van der Waals surface area contributed by atoms with Crippen LogP contribution in [-0.2, 0) is 9.47 Å². The van der Waals surface area contributed by atoms with Gasteiger partial charge in [-0.25, -0.2) is 9.59 Å². The Kier molecular flexibility index (Phi) is 5.78. The van der Waals surface area contributed by atoms with Crippen molar-refractivity contribution >= 4 is 29.4 Å². The number of thioether (sulfide) groups is 1. The standard InChI is InChI=1S/C15H11F3N2O6S/c1-25-13(21)8-3-4-10(11(5-8)20(23)24)19-7-9(27-15(16,17)18)6-12(19)14(22)26-2/h3-7H,1-2H3. The van der Waals surface area contributed by atoms with Crippen LogP contribution in [0.15, 0.2) is 35.4 Å². The first-order valence-electron chi connectivity index (χ1n) is 7.01. The van der Waals surface area contributed by atoms with Crippen LogP contribution in [0, 0.1) is 10.1 Å². The van der Waals surface area contributed by atoms with Gasteiger partial charge in [-0.3, -0.25) is 10.1 Å². The van der Waals surface area contributed by atoms with Crippen molar-refractivity contribution in [2.75, 3.05) is 14.2 Å². The Bertz CT molecular complexity index is 909. The summed E-state index contributed by atoms with van der Waals surface area (Å²) in [5.74, 6) is -1.82.